The van der Waals surface area contributed by atoms with Crippen molar-refractivity contribution in [2.45, 2.75) is 29.8 Å². The maximum atomic E-state index is 5.48. The molecule has 0 unspecified atom stereocenters. The lowest BCUT2D eigenvalue weighted by Gasteiger charge is -2.27. The largest absolute Gasteiger partial charge is 0.378 e. The van der Waals surface area contributed by atoms with Gasteiger partial charge in [-0.05, 0) is 12.8 Å². The number of ether oxygens (including phenoxy) is 1. The van der Waals surface area contributed by atoms with Crippen molar-refractivity contribution >= 4 is 29.0 Å². The van der Waals surface area contributed by atoms with E-state index in [-0.39, 0.29) is 0 Å². The van der Waals surface area contributed by atoms with E-state index in [4.69, 9.17) is 9.72 Å². The molecule has 8 heteroatoms. The second-order valence-corrected chi connectivity index (χ2v) is 8.58. The first-order valence-electron chi connectivity index (χ1n) is 9.29. The Labute approximate surface area is 166 Å². The number of aromatic nitrogens is 4. The van der Waals surface area contributed by atoms with Crippen LogP contribution in [0.5, 0.6) is 0 Å². The topological polar surface area (TPSA) is 56.1 Å². The number of thioether (sulfide) groups is 1. The molecular weight excluding hydrogens is 378 g/mol. The summed E-state index contributed by atoms with van der Waals surface area (Å²) in [5.41, 5.74) is 2.27. The van der Waals surface area contributed by atoms with E-state index in [9.17, 15) is 0 Å². The summed E-state index contributed by atoms with van der Waals surface area (Å²) in [5.74, 6) is 1.82. The Balaban J connectivity index is 1.31. The van der Waals surface area contributed by atoms with Gasteiger partial charge in [-0.15, -0.1) is 21.5 Å². The zero-order valence-corrected chi connectivity index (χ0v) is 16.6. The fourth-order valence-electron chi connectivity index (χ4n) is 3.22. The summed E-state index contributed by atoms with van der Waals surface area (Å²) in [4.78, 5) is 7.10. The van der Waals surface area contributed by atoms with E-state index >= 15 is 0 Å². The minimum atomic E-state index is 0.552. The number of anilines is 1. The van der Waals surface area contributed by atoms with Crippen molar-refractivity contribution in [3.63, 3.8) is 0 Å². The third-order valence-corrected chi connectivity index (χ3v) is 6.69. The van der Waals surface area contributed by atoms with Gasteiger partial charge in [0.25, 0.3) is 0 Å². The zero-order valence-electron chi connectivity index (χ0n) is 15.0. The minimum absolute atomic E-state index is 0.552. The Kier molecular flexibility index (Phi) is 4.85. The SMILES string of the molecule is c1ccc(-c2nc(CSc3nnc(N4CCOCC4)n3C3CC3)cs2)cc1. The first-order chi connectivity index (χ1) is 13.4. The first kappa shape index (κ1) is 17.2. The Morgan fingerprint density at radius 3 is 2.70 bits per heavy atom. The molecule has 1 aliphatic carbocycles. The van der Waals surface area contributed by atoms with Crippen molar-refractivity contribution in [3.05, 3.63) is 41.4 Å². The first-order valence-corrected chi connectivity index (χ1v) is 11.2. The lowest BCUT2D eigenvalue weighted by atomic mass is 10.2. The Morgan fingerprint density at radius 2 is 1.93 bits per heavy atom. The van der Waals surface area contributed by atoms with Gasteiger partial charge in [0.05, 0.1) is 18.9 Å². The van der Waals surface area contributed by atoms with Gasteiger partial charge in [-0.3, -0.25) is 4.57 Å². The fraction of sp³-hybridized carbons (Fsp3) is 0.421. The van der Waals surface area contributed by atoms with Crippen LogP contribution >= 0.6 is 23.1 Å². The van der Waals surface area contributed by atoms with Gasteiger partial charge < -0.3 is 9.64 Å². The van der Waals surface area contributed by atoms with Crippen molar-refractivity contribution < 1.29 is 4.74 Å². The van der Waals surface area contributed by atoms with E-state index < -0.39 is 0 Å². The van der Waals surface area contributed by atoms with E-state index in [2.05, 4.69) is 49.3 Å². The summed E-state index contributed by atoms with van der Waals surface area (Å²) in [7, 11) is 0. The molecule has 6 nitrogen and oxygen atoms in total. The van der Waals surface area contributed by atoms with Gasteiger partial charge in [-0.2, -0.15) is 0 Å². The van der Waals surface area contributed by atoms with Crippen molar-refractivity contribution in [1.29, 1.82) is 0 Å². The average molecular weight is 400 g/mol. The van der Waals surface area contributed by atoms with Gasteiger partial charge in [0.2, 0.25) is 5.95 Å². The summed E-state index contributed by atoms with van der Waals surface area (Å²) >= 11 is 3.44. The molecule has 140 valence electrons. The van der Waals surface area contributed by atoms with Gasteiger partial charge in [-0.25, -0.2) is 4.98 Å². The number of hydrogen-bond acceptors (Lipinski definition) is 7. The highest BCUT2D eigenvalue weighted by Crippen LogP contribution is 2.41. The number of rotatable bonds is 6. The van der Waals surface area contributed by atoms with E-state index in [0.29, 0.717) is 6.04 Å². The lowest BCUT2D eigenvalue weighted by Crippen LogP contribution is -2.38. The molecule has 1 aromatic carbocycles. The molecule has 2 fully saturated rings. The van der Waals surface area contributed by atoms with Crippen LogP contribution in [-0.4, -0.2) is 46.1 Å². The van der Waals surface area contributed by atoms with Crippen LogP contribution in [0.4, 0.5) is 5.95 Å². The molecule has 0 atom stereocenters. The summed E-state index contributed by atoms with van der Waals surface area (Å²) < 4.78 is 7.81. The van der Waals surface area contributed by atoms with Crippen LogP contribution in [0.1, 0.15) is 24.6 Å². The Bertz CT molecular complexity index is 900. The fourth-order valence-corrected chi connectivity index (χ4v) is 5.05. The molecule has 3 aromatic rings. The zero-order chi connectivity index (χ0) is 18.1. The molecule has 3 heterocycles. The van der Waals surface area contributed by atoms with Gasteiger partial charge in [0, 0.05) is 35.8 Å². The van der Waals surface area contributed by atoms with Crippen molar-refractivity contribution in [3.8, 4) is 10.6 Å². The standard InChI is InChI=1S/C19H21N5OS2/c1-2-4-14(5-3-1)17-20-15(12-26-17)13-27-19-22-21-18(24(19)16-6-7-16)23-8-10-25-11-9-23/h1-5,12,16H,6-11,13H2. The summed E-state index contributed by atoms with van der Waals surface area (Å²) in [5, 5.41) is 13.2. The molecule has 27 heavy (non-hydrogen) atoms. The van der Waals surface area contributed by atoms with Gasteiger partial charge in [0.15, 0.2) is 5.16 Å². The summed E-state index contributed by atoms with van der Waals surface area (Å²) in [6.45, 7) is 3.31. The number of thiazole rings is 1. The van der Waals surface area contributed by atoms with Crippen LogP contribution in [0.3, 0.4) is 0 Å². The predicted octanol–water partition coefficient (Wildman–Crippen LogP) is 3.87. The summed E-state index contributed by atoms with van der Waals surface area (Å²) in [6.07, 6.45) is 2.44. The van der Waals surface area contributed by atoms with Crippen LogP contribution in [0, 0.1) is 0 Å². The second kappa shape index (κ2) is 7.61. The highest BCUT2D eigenvalue weighted by molar-refractivity contribution is 7.98. The van der Waals surface area contributed by atoms with E-state index in [1.807, 2.05) is 6.07 Å². The quantitative estimate of drug-likeness (QED) is 0.587. The van der Waals surface area contributed by atoms with E-state index in [1.54, 1.807) is 23.1 Å². The van der Waals surface area contributed by atoms with Crippen molar-refractivity contribution in [2.75, 3.05) is 31.2 Å². The number of hydrogen-bond donors (Lipinski definition) is 0. The highest BCUT2D eigenvalue weighted by Gasteiger charge is 2.32. The molecule has 1 saturated carbocycles. The number of benzene rings is 1. The molecule has 0 N–H and O–H groups in total. The molecule has 1 aliphatic heterocycles. The molecule has 0 spiro atoms. The van der Waals surface area contributed by atoms with Crippen LogP contribution in [0.25, 0.3) is 10.6 Å². The van der Waals surface area contributed by atoms with Gasteiger partial charge >= 0.3 is 0 Å². The average Bonchev–Trinajstić information content (AvgIpc) is 3.30. The van der Waals surface area contributed by atoms with Crippen LogP contribution in [-0.2, 0) is 10.5 Å². The summed E-state index contributed by atoms with van der Waals surface area (Å²) in [6, 6.07) is 10.9. The Hall–Kier alpha value is -1.90. The third-order valence-electron chi connectivity index (χ3n) is 4.77. The normalized spacial score (nSPS) is 17.4. The molecule has 2 aromatic heterocycles. The molecule has 2 aliphatic rings. The monoisotopic (exact) mass is 399 g/mol. The Morgan fingerprint density at radius 1 is 1.11 bits per heavy atom. The van der Waals surface area contributed by atoms with Crippen molar-refractivity contribution in [1.82, 2.24) is 19.7 Å². The predicted molar refractivity (Wildman–Crippen MR) is 108 cm³/mol. The lowest BCUT2D eigenvalue weighted by molar-refractivity contribution is 0.121. The number of morpholine rings is 1. The van der Waals surface area contributed by atoms with Crippen LogP contribution in [0.2, 0.25) is 0 Å². The molecular formula is C19H21N5OS2. The second-order valence-electron chi connectivity index (χ2n) is 6.78. The third kappa shape index (κ3) is 3.74. The maximum Gasteiger partial charge on any atom is 0.228 e. The number of nitrogens with zero attached hydrogens (tertiary/aromatic N) is 5. The van der Waals surface area contributed by atoms with E-state index in [0.717, 1.165) is 53.9 Å². The van der Waals surface area contributed by atoms with Gasteiger partial charge in [0.1, 0.15) is 5.01 Å². The minimum Gasteiger partial charge on any atom is -0.378 e. The van der Waals surface area contributed by atoms with Crippen LogP contribution in [0.15, 0.2) is 40.9 Å². The molecule has 0 radical (unpaired) electrons. The van der Waals surface area contributed by atoms with Gasteiger partial charge in [-0.1, -0.05) is 42.1 Å². The highest BCUT2D eigenvalue weighted by atomic mass is 32.2. The smallest absolute Gasteiger partial charge is 0.228 e. The van der Waals surface area contributed by atoms with Crippen molar-refractivity contribution in [2.24, 2.45) is 0 Å². The molecule has 0 amide bonds. The maximum absolute atomic E-state index is 5.48. The molecule has 1 saturated heterocycles. The molecule has 5 rings (SSSR count). The molecule has 0 bridgehead atoms. The van der Waals surface area contributed by atoms with Crippen LogP contribution < -0.4 is 4.90 Å². The van der Waals surface area contributed by atoms with E-state index in [1.165, 1.54) is 18.4 Å².